The zero-order valence-corrected chi connectivity index (χ0v) is 7.25. The number of hydrogen-bond donors (Lipinski definition) is 1. The summed E-state index contributed by atoms with van der Waals surface area (Å²) in [7, 11) is 2.02. The molecule has 0 aromatic carbocycles. The first-order valence-corrected chi connectivity index (χ1v) is 4.11. The summed E-state index contributed by atoms with van der Waals surface area (Å²) < 4.78 is 2.03. The van der Waals surface area contributed by atoms with Crippen LogP contribution in [0.4, 0.5) is 0 Å². The van der Waals surface area contributed by atoms with Crippen LogP contribution in [0.2, 0.25) is 0 Å². The molecule has 2 heteroatoms. The van der Waals surface area contributed by atoms with E-state index >= 15 is 0 Å². The summed E-state index contributed by atoms with van der Waals surface area (Å²) in [5, 5.41) is 0. The van der Waals surface area contributed by atoms with Gasteiger partial charge in [-0.2, -0.15) is 0 Å². The maximum absolute atomic E-state index is 5.91. The minimum absolute atomic E-state index is 0.223. The average molecular weight is 152 g/mol. The van der Waals surface area contributed by atoms with Gasteiger partial charge in [-0.25, -0.2) is 0 Å². The maximum Gasteiger partial charge on any atom is 0.0309 e. The first kappa shape index (κ1) is 8.34. The van der Waals surface area contributed by atoms with Crippen molar-refractivity contribution < 1.29 is 0 Å². The molecule has 0 saturated heterocycles. The van der Waals surface area contributed by atoms with Crippen molar-refractivity contribution in [3.63, 3.8) is 0 Å². The van der Waals surface area contributed by atoms with Crippen molar-refractivity contribution in [3.05, 3.63) is 24.0 Å². The van der Waals surface area contributed by atoms with E-state index in [1.54, 1.807) is 0 Å². The lowest BCUT2D eigenvalue weighted by molar-refractivity contribution is 0.637. The summed E-state index contributed by atoms with van der Waals surface area (Å²) in [5.41, 5.74) is 7.15. The number of hydrogen-bond acceptors (Lipinski definition) is 1. The molecule has 1 heterocycles. The van der Waals surface area contributed by atoms with Crippen molar-refractivity contribution >= 4 is 0 Å². The Bertz CT molecular complexity index is 215. The topological polar surface area (TPSA) is 30.9 Å². The third-order valence-electron chi connectivity index (χ3n) is 1.88. The normalized spacial score (nSPS) is 13.4. The second kappa shape index (κ2) is 3.58. The average Bonchev–Trinajstić information content (AvgIpc) is 2.36. The van der Waals surface area contributed by atoms with E-state index in [-0.39, 0.29) is 6.04 Å². The lowest BCUT2D eigenvalue weighted by Gasteiger charge is -2.06. The van der Waals surface area contributed by atoms with Crippen LogP contribution in [0.3, 0.4) is 0 Å². The number of nitrogens with two attached hydrogens (primary N) is 1. The van der Waals surface area contributed by atoms with Crippen LogP contribution in [-0.4, -0.2) is 4.57 Å². The van der Waals surface area contributed by atoms with E-state index in [1.165, 1.54) is 5.56 Å². The highest BCUT2D eigenvalue weighted by molar-refractivity contribution is 5.14. The summed E-state index contributed by atoms with van der Waals surface area (Å²) in [6, 6.07) is 2.31. The Morgan fingerprint density at radius 3 is 2.82 bits per heavy atom. The van der Waals surface area contributed by atoms with Gasteiger partial charge in [-0.15, -0.1) is 0 Å². The van der Waals surface area contributed by atoms with E-state index < -0.39 is 0 Å². The lowest BCUT2D eigenvalue weighted by Crippen LogP contribution is -2.08. The molecule has 0 fully saturated rings. The van der Waals surface area contributed by atoms with Gasteiger partial charge in [-0.05, 0) is 18.1 Å². The zero-order valence-electron chi connectivity index (χ0n) is 7.25. The summed E-state index contributed by atoms with van der Waals surface area (Å²) in [6.45, 7) is 2.16. The van der Waals surface area contributed by atoms with Gasteiger partial charge in [0.1, 0.15) is 0 Å². The van der Waals surface area contributed by atoms with Crippen LogP contribution in [-0.2, 0) is 7.05 Å². The number of aryl methyl sites for hydroxylation is 1. The molecule has 1 atom stereocenters. The fourth-order valence-electron chi connectivity index (χ4n) is 1.22. The molecule has 0 aliphatic heterocycles. The molecule has 1 unspecified atom stereocenters. The molecule has 1 rings (SSSR count). The Balaban J connectivity index is 2.60. The molecule has 62 valence electrons. The van der Waals surface area contributed by atoms with E-state index in [0.717, 1.165) is 12.8 Å². The molecule has 0 spiro atoms. The molecule has 11 heavy (non-hydrogen) atoms. The highest BCUT2D eigenvalue weighted by Crippen LogP contribution is 2.14. The first-order chi connectivity index (χ1) is 5.24. The molecule has 0 bridgehead atoms. The van der Waals surface area contributed by atoms with Crippen LogP contribution >= 0.6 is 0 Å². The summed E-state index contributed by atoms with van der Waals surface area (Å²) in [6.07, 6.45) is 6.34. The summed E-state index contributed by atoms with van der Waals surface area (Å²) in [5.74, 6) is 0. The summed E-state index contributed by atoms with van der Waals surface area (Å²) in [4.78, 5) is 0. The van der Waals surface area contributed by atoms with Gasteiger partial charge in [0, 0.05) is 25.5 Å². The third kappa shape index (κ3) is 2.09. The van der Waals surface area contributed by atoms with E-state index in [1.807, 2.05) is 17.8 Å². The van der Waals surface area contributed by atoms with Crippen molar-refractivity contribution in [1.29, 1.82) is 0 Å². The fourth-order valence-corrected chi connectivity index (χ4v) is 1.22. The van der Waals surface area contributed by atoms with E-state index in [0.29, 0.717) is 0 Å². The van der Waals surface area contributed by atoms with Crippen molar-refractivity contribution in [2.24, 2.45) is 12.8 Å². The van der Waals surface area contributed by atoms with Crippen LogP contribution < -0.4 is 5.73 Å². The minimum Gasteiger partial charge on any atom is -0.357 e. The minimum atomic E-state index is 0.223. The first-order valence-electron chi connectivity index (χ1n) is 4.11. The Kier molecular flexibility index (Phi) is 2.71. The van der Waals surface area contributed by atoms with Gasteiger partial charge in [0.2, 0.25) is 0 Å². The monoisotopic (exact) mass is 152 g/mol. The van der Waals surface area contributed by atoms with Crippen LogP contribution in [0.1, 0.15) is 31.4 Å². The Hall–Kier alpha value is -0.760. The number of nitrogens with zero attached hydrogens (tertiary/aromatic N) is 1. The molecule has 0 aliphatic carbocycles. The second-order valence-electron chi connectivity index (χ2n) is 3.01. The predicted octanol–water partition coefficient (Wildman–Crippen LogP) is 1.82. The predicted molar refractivity (Wildman–Crippen MR) is 47.2 cm³/mol. The number of rotatable bonds is 3. The van der Waals surface area contributed by atoms with Crippen molar-refractivity contribution in [2.45, 2.75) is 25.8 Å². The molecule has 0 radical (unpaired) electrons. The van der Waals surface area contributed by atoms with Crippen molar-refractivity contribution in [3.8, 4) is 0 Å². The Labute approximate surface area is 68.0 Å². The molecular weight excluding hydrogens is 136 g/mol. The van der Waals surface area contributed by atoms with Crippen molar-refractivity contribution in [1.82, 2.24) is 4.57 Å². The maximum atomic E-state index is 5.91. The Morgan fingerprint density at radius 1 is 1.64 bits per heavy atom. The molecule has 2 nitrogen and oxygen atoms in total. The molecule has 0 amide bonds. The quantitative estimate of drug-likeness (QED) is 0.703. The van der Waals surface area contributed by atoms with Crippen molar-refractivity contribution in [2.75, 3.05) is 0 Å². The van der Waals surface area contributed by atoms with Gasteiger partial charge >= 0.3 is 0 Å². The molecule has 0 aliphatic rings. The Morgan fingerprint density at radius 2 is 2.36 bits per heavy atom. The smallest absolute Gasteiger partial charge is 0.0309 e. The highest BCUT2D eigenvalue weighted by atomic mass is 14.9. The summed E-state index contributed by atoms with van der Waals surface area (Å²) >= 11 is 0. The fraction of sp³-hybridized carbons (Fsp3) is 0.556. The van der Waals surface area contributed by atoms with Crippen LogP contribution in [0.15, 0.2) is 18.5 Å². The van der Waals surface area contributed by atoms with Gasteiger partial charge in [-0.1, -0.05) is 13.3 Å². The zero-order chi connectivity index (χ0) is 8.27. The standard InChI is InChI=1S/C9H16N2/c1-3-4-9(10)8-5-6-11(2)7-8/h5-7,9H,3-4,10H2,1-2H3. The van der Waals surface area contributed by atoms with Gasteiger partial charge in [0.25, 0.3) is 0 Å². The second-order valence-corrected chi connectivity index (χ2v) is 3.01. The van der Waals surface area contributed by atoms with Crippen LogP contribution in [0.5, 0.6) is 0 Å². The molecule has 0 saturated carbocycles. The van der Waals surface area contributed by atoms with E-state index in [4.69, 9.17) is 5.73 Å². The SMILES string of the molecule is CCCC(N)c1ccn(C)c1. The van der Waals surface area contributed by atoms with Crippen LogP contribution in [0.25, 0.3) is 0 Å². The largest absolute Gasteiger partial charge is 0.357 e. The van der Waals surface area contributed by atoms with Gasteiger partial charge in [0.15, 0.2) is 0 Å². The molecule has 2 N–H and O–H groups in total. The van der Waals surface area contributed by atoms with Gasteiger partial charge in [-0.3, -0.25) is 0 Å². The van der Waals surface area contributed by atoms with Crippen LogP contribution in [0, 0.1) is 0 Å². The number of aromatic nitrogens is 1. The lowest BCUT2D eigenvalue weighted by atomic mass is 10.1. The highest BCUT2D eigenvalue weighted by Gasteiger charge is 2.04. The third-order valence-corrected chi connectivity index (χ3v) is 1.88. The van der Waals surface area contributed by atoms with Gasteiger partial charge in [0.05, 0.1) is 0 Å². The van der Waals surface area contributed by atoms with E-state index in [9.17, 15) is 0 Å². The van der Waals surface area contributed by atoms with E-state index in [2.05, 4.69) is 19.2 Å². The molecular formula is C9H16N2. The molecule has 1 aromatic heterocycles. The molecule has 1 aromatic rings. The van der Waals surface area contributed by atoms with Gasteiger partial charge < -0.3 is 10.3 Å².